The maximum absolute atomic E-state index is 12.0. The molecule has 112 valence electrons. The van der Waals surface area contributed by atoms with Gasteiger partial charge in [0.05, 0.1) is 13.2 Å². The molecule has 0 aromatic heterocycles. The van der Waals surface area contributed by atoms with Crippen molar-refractivity contribution in [1.82, 2.24) is 0 Å². The Morgan fingerprint density at radius 1 is 1.00 bits per heavy atom. The smallest absolute Gasteiger partial charge is 0.345 e. The van der Waals surface area contributed by atoms with Gasteiger partial charge in [0, 0.05) is 16.7 Å². The van der Waals surface area contributed by atoms with Crippen LogP contribution in [-0.2, 0) is 19.1 Å². The van der Waals surface area contributed by atoms with Crippen LogP contribution >= 0.6 is 11.6 Å². The van der Waals surface area contributed by atoms with E-state index in [4.69, 9.17) is 21.1 Å². The van der Waals surface area contributed by atoms with Crippen molar-refractivity contribution < 1.29 is 23.9 Å². The molecule has 0 aliphatic rings. The Kier molecular flexibility index (Phi) is 6.62. The van der Waals surface area contributed by atoms with Gasteiger partial charge in [-0.3, -0.25) is 4.79 Å². The molecule has 0 radical (unpaired) electrons. The van der Waals surface area contributed by atoms with Crippen molar-refractivity contribution in [3.8, 4) is 0 Å². The number of benzene rings is 1. The van der Waals surface area contributed by atoms with E-state index in [2.05, 4.69) is 0 Å². The summed E-state index contributed by atoms with van der Waals surface area (Å²) >= 11 is 5.73. The fraction of sp³-hybridized carbons (Fsp3) is 0.267. The Morgan fingerprint density at radius 2 is 1.48 bits per heavy atom. The summed E-state index contributed by atoms with van der Waals surface area (Å²) < 4.78 is 9.49. The van der Waals surface area contributed by atoms with E-state index in [0.717, 1.165) is 6.08 Å². The summed E-state index contributed by atoms with van der Waals surface area (Å²) in [5.41, 5.74) is -0.135. The lowest BCUT2D eigenvalue weighted by Crippen LogP contribution is -2.19. The van der Waals surface area contributed by atoms with Crippen molar-refractivity contribution in [2.24, 2.45) is 0 Å². The molecule has 6 heteroatoms. The molecule has 0 saturated carbocycles. The number of esters is 2. The van der Waals surface area contributed by atoms with Crippen molar-refractivity contribution in [2.75, 3.05) is 13.2 Å². The first kappa shape index (κ1) is 16.9. The van der Waals surface area contributed by atoms with Gasteiger partial charge in [0.15, 0.2) is 5.78 Å². The van der Waals surface area contributed by atoms with Crippen LogP contribution in [0, 0.1) is 0 Å². The topological polar surface area (TPSA) is 69.7 Å². The molecule has 1 aromatic rings. The summed E-state index contributed by atoms with van der Waals surface area (Å²) in [6.07, 6.45) is 0.916. The van der Waals surface area contributed by atoms with Crippen molar-refractivity contribution in [2.45, 2.75) is 13.8 Å². The third-order valence-corrected chi connectivity index (χ3v) is 2.65. The average molecular weight is 311 g/mol. The van der Waals surface area contributed by atoms with E-state index in [0.29, 0.717) is 10.6 Å². The molecule has 0 heterocycles. The molecule has 0 amide bonds. The van der Waals surface area contributed by atoms with Gasteiger partial charge in [0.2, 0.25) is 0 Å². The number of carbonyl (C=O) groups excluding carboxylic acids is 3. The highest BCUT2D eigenvalue weighted by Crippen LogP contribution is 2.12. The van der Waals surface area contributed by atoms with Crippen LogP contribution in [0.5, 0.6) is 0 Å². The molecule has 0 bridgehead atoms. The number of hydrogen-bond acceptors (Lipinski definition) is 5. The van der Waals surface area contributed by atoms with Crippen molar-refractivity contribution in [3.05, 3.63) is 46.5 Å². The second-order valence-corrected chi connectivity index (χ2v) is 4.31. The van der Waals surface area contributed by atoms with E-state index in [9.17, 15) is 14.4 Å². The summed E-state index contributed by atoms with van der Waals surface area (Å²) in [5, 5.41) is 0.478. The van der Waals surface area contributed by atoms with Crippen LogP contribution in [0.15, 0.2) is 35.9 Å². The van der Waals surface area contributed by atoms with Crippen molar-refractivity contribution in [3.63, 3.8) is 0 Å². The van der Waals surface area contributed by atoms with Crippen molar-refractivity contribution >= 4 is 29.3 Å². The van der Waals surface area contributed by atoms with Gasteiger partial charge in [-0.1, -0.05) is 11.6 Å². The number of hydrogen-bond donors (Lipinski definition) is 0. The molecule has 0 fully saturated rings. The van der Waals surface area contributed by atoms with E-state index in [1.807, 2.05) is 0 Å². The second kappa shape index (κ2) is 8.21. The quantitative estimate of drug-likeness (QED) is 0.265. The third kappa shape index (κ3) is 5.04. The molecule has 0 saturated heterocycles. The zero-order valence-corrected chi connectivity index (χ0v) is 12.5. The SMILES string of the molecule is CCOC(=O)C(=CC(=O)c1ccc(Cl)cc1)C(=O)OCC. The Labute approximate surface area is 127 Å². The van der Waals surface area contributed by atoms with E-state index >= 15 is 0 Å². The molecular weight excluding hydrogens is 296 g/mol. The predicted molar refractivity (Wildman–Crippen MR) is 77.1 cm³/mol. The third-order valence-electron chi connectivity index (χ3n) is 2.39. The fourth-order valence-corrected chi connectivity index (χ4v) is 1.57. The molecule has 21 heavy (non-hydrogen) atoms. The summed E-state index contributed by atoms with van der Waals surface area (Å²) in [6.45, 7) is 3.37. The molecule has 0 unspecified atom stereocenters. The highest BCUT2D eigenvalue weighted by atomic mass is 35.5. The zero-order valence-electron chi connectivity index (χ0n) is 11.7. The number of ketones is 1. The number of rotatable bonds is 6. The molecule has 5 nitrogen and oxygen atoms in total. The summed E-state index contributed by atoms with van der Waals surface area (Å²) in [4.78, 5) is 35.5. The normalized spacial score (nSPS) is 9.67. The Bertz CT molecular complexity index is 540. The Balaban J connectivity index is 3.05. The van der Waals surface area contributed by atoms with Crippen LogP contribution in [0.4, 0.5) is 0 Å². The first-order valence-corrected chi connectivity index (χ1v) is 6.73. The van der Waals surface area contributed by atoms with Crippen LogP contribution in [-0.4, -0.2) is 30.9 Å². The summed E-state index contributed by atoms with van der Waals surface area (Å²) in [6, 6.07) is 6.07. The highest BCUT2D eigenvalue weighted by molar-refractivity contribution is 6.30. The minimum atomic E-state index is -0.890. The second-order valence-electron chi connectivity index (χ2n) is 3.87. The van der Waals surface area contributed by atoms with E-state index in [1.165, 1.54) is 24.3 Å². The standard InChI is InChI=1S/C15H15ClO5/c1-3-20-14(18)12(15(19)21-4-2)9-13(17)10-5-7-11(16)8-6-10/h5-9H,3-4H2,1-2H3. The first-order chi connectivity index (χ1) is 9.99. The molecule has 1 aromatic carbocycles. The van der Waals surface area contributed by atoms with Crippen molar-refractivity contribution in [1.29, 1.82) is 0 Å². The van der Waals surface area contributed by atoms with E-state index < -0.39 is 23.3 Å². The molecule has 1 rings (SSSR count). The van der Waals surface area contributed by atoms with Gasteiger partial charge in [0.1, 0.15) is 5.57 Å². The van der Waals surface area contributed by atoms with Crippen LogP contribution in [0.2, 0.25) is 5.02 Å². The molecule has 0 atom stereocenters. The zero-order chi connectivity index (χ0) is 15.8. The minimum Gasteiger partial charge on any atom is -0.462 e. The van der Waals surface area contributed by atoms with Crippen LogP contribution in [0.3, 0.4) is 0 Å². The number of ether oxygens (including phenoxy) is 2. The lowest BCUT2D eigenvalue weighted by atomic mass is 10.1. The van der Waals surface area contributed by atoms with Gasteiger partial charge in [-0.25, -0.2) is 9.59 Å². The van der Waals surface area contributed by atoms with E-state index in [-0.39, 0.29) is 13.2 Å². The van der Waals surface area contributed by atoms with Gasteiger partial charge in [-0.2, -0.15) is 0 Å². The molecular formula is C15H15ClO5. The molecule has 0 spiro atoms. The minimum absolute atomic E-state index is 0.0880. The van der Waals surface area contributed by atoms with Gasteiger partial charge < -0.3 is 9.47 Å². The van der Waals surface area contributed by atoms with Gasteiger partial charge >= 0.3 is 11.9 Å². The average Bonchev–Trinajstić information content (AvgIpc) is 2.45. The highest BCUT2D eigenvalue weighted by Gasteiger charge is 2.22. The Morgan fingerprint density at radius 3 is 1.90 bits per heavy atom. The van der Waals surface area contributed by atoms with Crippen LogP contribution in [0.1, 0.15) is 24.2 Å². The summed E-state index contributed by atoms with van der Waals surface area (Å²) in [5.74, 6) is -2.29. The molecule has 0 aliphatic heterocycles. The van der Waals surface area contributed by atoms with Crippen LogP contribution < -0.4 is 0 Å². The summed E-state index contributed by atoms with van der Waals surface area (Å²) in [7, 11) is 0. The lowest BCUT2D eigenvalue weighted by Gasteiger charge is -2.06. The number of allylic oxidation sites excluding steroid dienone is 1. The van der Waals surface area contributed by atoms with Crippen LogP contribution in [0.25, 0.3) is 0 Å². The largest absolute Gasteiger partial charge is 0.462 e. The fourth-order valence-electron chi connectivity index (χ4n) is 1.45. The first-order valence-electron chi connectivity index (χ1n) is 6.35. The molecule has 0 aliphatic carbocycles. The monoisotopic (exact) mass is 310 g/mol. The Hall–Kier alpha value is -2.14. The predicted octanol–water partition coefficient (Wildman–Crippen LogP) is 2.58. The maximum Gasteiger partial charge on any atom is 0.345 e. The van der Waals surface area contributed by atoms with Gasteiger partial charge in [-0.05, 0) is 38.1 Å². The number of carbonyl (C=O) groups is 3. The van der Waals surface area contributed by atoms with E-state index in [1.54, 1.807) is 13.8 Å². The lowest BCUT2D eigenvalue weighted by molar-refractivity contribution is -0.146. The van der Waals surface area contributed by atoms with Gasteiger partial charge in [0.25, 0.3) is 0 Å². The number of halogens is 1. The van der Waals surface area contributed by atoms with Gasteiger partial charge in [-0.15, -0.1) is 0 Å². The maximum atomic E-state index is 12.0. The molecule has 0 N–H and O–H groups in total.